The molecular formula is C5H6ClF3O2S. The maximum absolute atomic E-state index is 11.7. The minimum atomic E-state index is -4.49. The van der Waals surface area contributed by atoms with Crippen LogP contribution < -0.4 is 0 Å². The van der Waals surface area contributed by atoms with Gasteiger partial charge in [0.05, 0.1) is 12.9 Å². The quantitative estimate of drug-likeness (QED) is 0.540. The summed E-state index contributed by atoms with van der Waals surface area (Å²) in [7, 11) is 1.10. The number of halogens is 4. The number of rotatable bonds is 3. The van der Waals surface area contributed by atoms with Gasteiger partial charge in [0.25, 0.3) is 0 Å². The molecule has 1 atom stereocenters. The van der Waals surface area contributed by atoms with Crippen molar-refractivity contribution in [1.29, 1.82) is 0 Å². The van der Waals surface area contributed by atoms with E-state index in [1.165, 1.54) is 0 Å². The molecule has 0 aliphatic heterocycles. The summed E-state index contributed by atoms with van der Waals surface area (Å²) in [5, 5.41) is 0. The molecule has 0 aromatic rings. The molecule has 0 aliphatic rings. The topological polar surface area (TPSA) is 26.3 Å². The van der Waals surface area contributed by atoms with Crippen molar-refractivity contribution in [3.05, 3.63) is 0 Å². The first-order valence-corrected chi connectivity index (χ1v) is 4.25. The molecule has 72 valence electrons. The van der Waals surface area contributed by atoms with Gasteiger partial charge in [-0.05, 0) is 0 Å². The lowest BCUT2D eigenvalue weighted by Crippen LogP contribution is -2.21. The Bertz CT molecular complexity index is 161. The molecule has 0 saturated heterocycles. The van der Waals surface area contributed by atoms with Crippen molar-refractivity contribution in [1.82, 2.24) is 0 Å². The zero-order chi connectivity index (χ0) is 9.78. The first-order valence-electron chi connectivity index (χ1n) is 2.77. The molecular weight excluding hydrogens is 217 g/mol. The van der Waals surface area contributed by atoms with Crippen molar-refractivity contribution in [3.63, 3.8) is 0 Å². The highest BCUT2D eigenvalue weighted by molar-refractivity contribution is 8.01. The molecule has 0 aliphatic carbocycles. The van der Waals surface area contributed by atoms with Crippen LogP contribution in [0.4, 0.5) is 13.2 Å². The van der Waals surface area contributed by atoms with Crippen LogP contribution in [0, 0.1) is 0 Å². The van der Waals surface area contributed by atoms with Crippen LogP contribution in [0.5, 0.6) is 0 Å². The predicted octanol–water partition coefficient (Wildman–Crippen LogP) is 2.02. The molecule has 0 radical (unpaired) electrons. The first kappa shape index (κ1) is 11.9. The van der Waals surface area contributed by atoms with Crippen molar-refractivity contribution in [2.75, 3.05) is 12.9 Å². The second-order valence-corrected chi connectivity index (χ2v) is 3.53. The highest BCUT2D eigenvalue weighted by Gasteiger charge is 2.38. The Labute approximate surface area is 76.4 Å². The predicted molar refractivity (Wildman–Crippen MR) is 40.2 cm³/mol. The largest absolute Gasteiger partial charge is 0.468 e. The number of carbonyl (C=O) groups is 1. The minimum Gasteiger partial charge on any atom is -0.468 e. The van der Waals surface area contributed by atoms with Gasteiger partial charge in [-0.2, -0.15) is 13.2 Å². The smallest absolute Gasteiger partial charge is 0.414 e. The Morgan fingerprint density at radius 1 is 1.67 bits per heavy atom. The van der Waals surface area contributed by atoms with Crippen LogP contribution >= 0.6 is 23.4 Å². The van der Waals surface area contributed by atoms with Crippen LogP contribution in [0.25, 0.3) is 0 Å². The fourth-order valence-corrected chi connectivity index (χ4v) is 1.07. The fourth-order valence-electron chi connectivity index (χ4n) is 0.295. The summed E-state index contributed by atoms with van der Waals surface area (Å²) >= 11 is 5.17. The van der Waals surface area contributed by atoms with Crippen molar-refractivity contribution in [2.45, 2.75) is 10.9 Å². The summed E-state index contributed by atoms with van der Waals surface area (Å²) in [6, 6.07) is 0. The van der Waals surface area contributed by atoms with E-state index in [2.05, 4.69) is 4.74 Å². The summed E-state index contributed by atoms with van der Waals surface area (Å²) in [6.45, 7) is 0. The van der Waals surface area contributed by atoms with E-state index in [9.17, 15) is 18.0 Å². The van der Waals surface area contributed by atoms with Gasteiger partial charge in [0, 0.05) is 0 Å². The highest BCUT2D eigenvalue weighted by atomic mass is 35.5. The number of carbonyl (C=O) groups excluding carboxylic acids is 1. The lowest BCUT2D eigenvalue weighted by atomic mass is 10.8. The number of methoxy groups -OCH3 is 1. The molecule has 0 spiro atoms. The summed E-state index contributed by atoms with van der Waals surface area (Å²) in [6.07, 6.45) is -4.49. The number of hydrogen-bond acceptors (Lipinski definition) is 3. The maximum Gasteiger partial charge on any atom is 0.414 e. The highest BCUT2D eigenvalue weighted by Crippen LogP contribution is 2.33. The van der Waals surface area contributed by atoms with Gasteiger partial charge in [-0.3, -0.25) is 4.79 Å². The SMILES string of the molecule is COC(=O)CS[C@H](Cl)C(F)(F)F. The minimum absolute atomic E-state index is 0.282. The Morgan fingerprint density at radius 2 is 2.17 bits per heavy atom. The van der Waals surface area contributed by atoms with E-state index in [0.717, 1.165) is 7.11 Å². The van der Waals surface area contributed by atoms with E-state index >= 15 is 0 Å². The molecule has 0 saturated carbocycles. The van der Waals surface area contributed by atoms with Gasteiger partial charge < -0.3 is 4.74 Å². The van der Waals surface area contributed by atoms with E-state index in [-0.39, 0.29) is 11.8 Å². The molecule has 0 fully saturated rings. The molecule has 7 heteroatoms. The molecule has 0 aromatic heterocycles. The average Bonchev–Trinajstić information content (AvgIpc) is 1.97. The molecule has 12 heavy (non-hydrogen) atoms. The number of hydrogen-bond donors (Lipinski definition) is 0. The second kappa shape index (κ2) is 4.81. The van der Waals surface area contributed by atoms with Crippen LogP contribution in [-0.4, -0.2) is 29.7 Å². The average molecular weight is 223 g/mol. The lowest BCUT2D eigenvalue weighted by Gasteiger charge is -2.11. The Hall–Kier alpha value is -0.100. The monoisotopic (exact) mass is 222 g/mol. The van der Waals surface area contributed by atoms with Crippen LogP contribution in [0.15, 0.2) is 0 Å². The summed E-state index contributed by atoms with van der Waals surface area (Å²) < 4.78 is 37.2. The van der Waals surface area contributed by atoms with Gasteiger partial charge >= 0.3 is 12.1 Å². The van der Waals surface area contributed by atoms with Gasteiger partial charge in [0.1, 0.15) is 0 Å². The van der Waals surface area contributed by atoms with Crippen LogP contribution in [0.3, 0.4) is 0 Å². The molecule has 2 nitrogen and oxygen atoms in total. The first-order chi connectivity index (χ1) is 5.38. The summed E-state index contributed by atoms with van der Waals surface area (Å²) in [5.74, 6) is -1.13. The second-order valence-electron chi connectivity index (χ2n) is 1.74. The Balaban J connectivity index is 3.72. The summed E-state index contributed by atoms with van der Waals surface area (Å²) in [4.78, 5) is 10.4. The zero-order valence-electron chi connectivity index (χ0n) is 6.02. The zero-order valence-corrected chi connectivity index (χ0v) is 7.59. The lowest BCUT2D eigenvalue weighted by molar-refractivity contribution is -0.137. The number of alkyl halides is 4. The van der Waals surface area contributed by atoms with Crippen LogP contribution in [-0.2, 0) is 9.53 Å². The van der Waals surface area contributed by atoms with E-state index in [4.69, 9.17) is 11.6 Å². The normalized spacial score (nSPS) is 14.1. The molecule has 0 heterocycles. The standard InChI is InChI=1S/C5H6ClF3O2S/c1-11-3(10)2-12-4(6)5(7,8)9/h4H,2H2,1H3/t4-/m0/s1. The molecule has 0 amide bonds. The van der Waals surface area contributed by atoms with Crippen molar-refractivity contribution in [3.8, 4) is 0 Å². The molecule has 0 rings (SSSR count). The number of esters is 1. The third kappa shape index (κ3) is 4.71. The maximum atomic E-state index is 11.7. The van der Waals surface area contributed by atoms with Crippen LogP contribution in [0.2, 0.25) is 0 Å². The Morgan fingerprint density at radius 3 is 2.50 bits per heavy atom. The third-order valence-corrected chi connectivity index (χ3v) is 2.42. The van der Waals surface area contributed by atoms with Gasteiger partial charge in [-0.15, -0.1) is 23.4 Å². The van der Waals surface area contributed by atoms with E-state index < -0.39 is 22.6 Å². The third-order valence-electron chi connectivity index (χ3n) is 0.833. The van der Waals surface area contributed by atoms with E-state index in [0.29, 0.717) is 0 Å². The van der Waals surface area contributed by atoms with Crippen molar-refractivity contribution >= 4 is 29.3 Å². The van der Waals surface area contributed by atoms with Crippen LogP contribution in [0.1, 0.15) is 0 Å². The van der Waals surface area contributed by atoms with E-state index in [1.807, 2.05) is 0 Å². The molecule has 0 bridgehead atoms. The van der Waals surface area contributed by atoms with Crippen molar-refractivity contribution in [2.24, 2.45) is 0 Å². The van der Waals surface area contributed by atoms with Crippen molar-refractivity contribution < 1.29 is 22.7 Å². The number of thioether (sulfide) groups is 1. The summed E-state index contributed by atoms with van der Waals surface area (Å²) in [5.41, 5.74) is 0. The fraction of sp³-hybridized carbons (Fsp3) is 0.800. The Kier molecular flexibility index (Phi) is 4.77. The molecule has 0 N–H and O–H groups in total. The van der Waals surface area contributed by atoms with Gasteiger partial charge in [0.2, 0.25) is 0 Å². The molecule has 0 unspecified atom stereocenters. The van der Waals surface area contributed by atoms with Gasteiger partial charge in [0.15, 0.2) is 4.71 Å². The van der Waals surface area contributed by atoms with Gasteiger partial charge in [-0.1, -0.05) is 0 Å². The number of ether oxygens (including phenoxy) is 1. The molecule has 0 aromatic carbocycles. The van der Waals surface area contributed by atoms with E-state index in [1.54, 1.807) is 0 Å². The van der Waals surface area contributed by atoms with Gasteiger partial charge in [-0.25, -0.2) is 0 Å².